The van der Waals surface area contributed by atoms with Crippen LogP contribution in [0.4, 0.5) is 0 Å². The number of aliphatic hydroxyl groups is 1. The highest BCUT2D eigenvalue weighted by Gasteiger charge is 2.18. The number of ether oxygens (including phenoxy) is 1. The highest BCUT2D eigenvalue weighted by molar-refractivity contribution is 5.29. The summed E-state index contributed by atoms with van der Waals surface area (Å²) in [5.74, 6) is 1.66. The van der Waals surface area contributed by atoms with Crippen LogP contribution in [0.2, 0.25) is 0 Å². The SMILES string of the molecule is CCCCCC[C@H](c1ccc(OC)cc1)[C@H](C)CO. The Hall–Kier alpha value is -1.02. The lowest BCUT2D eigenvalue weighted by molar-refractivity contribution is 0.210. The summed E-state index contributed by atoms with van der Waals surface area (Å²) in [5.41, 5.74) is 1.32. The van der Waals surface area contributed by atoms with Gasteiger partial charge in [0.25, 0.3) is 0 Å². The average Bonchev–Trinajstić information content (AvgIpc) is 2.47. The molecule has 0 saturated carbocycles. The molecule has 2 heteroatoms. The standard InChI is InChI=1S/C17H28O2/c1-4-5-6-7-8-17(14(2)13-18)15-9-11-16(19-3)12-10-15/h9-12,14,17-18H,4-8,13H2,1-3H3/t14-,17+/m1/s1. The predicted molar refractivity (Wildman–Crippen MR) is 80.7 cm³/mol. The van der Waals surface area contributed by atoms with Crippen LogP contribution in [0.1, 0.15) is 57.4 Å². The summed E-state index contributed by atoms with van der Waals surface area (Å²) >= 11 is 0. The maximum absolute atomic E-state index is 9.45. The van der Waals surface area contributed by atoms with Gasteiger partial charge in [0.05, 0.1) is 7.11 Å². The number of unbranched alkanes of at least 4 members (excludes halogenated alkanes) is 3. The van der Waals surface area contributed by atoms with Crippen LogP contribution in [-0.2, 0) is 0 Å². The van der Waals surface area contributed by atoms with Crippen molar-refractivity contribution in [2.75, 3.05) is 13.7 Å². The Morgan fingerprint density at radius 3 is 2.32 bits per heavy atom. The molecule has 1 aromatic rings. The number of rotatable bonds is 9. The predicted octanol–water partition coefficient (Wildman–Crippen LogP) is 4.38. The minimum Gasteiger partial charge on any atom is -0.497 e. The molecule has 0 radical (unpaired) electrons. The van der Waals surface area contributed by atoms with Crippen molar-refractivity contribution in [3.63, 3.8) is 0 Å². The van der Waals surface area contributed by atoms with Gasteiger partial charge in [0, 0.05) is 6.61 Å². The van der Waals surface area contributed by atoms with E-state index in [1.54, 1.807) is 7.11 Å². The monoisotopic (exact) mass is 264 g/mol. The molecule has 0 amide bonds. The number of hydrogen-bond acceptors (Lipinski definition) is 2. The van der Waals surface area contributed by atoms with E-state index in [2.05, 4.69) is 26.0 Å². The van der Waals surface area contributed by atoms with E-state index in [0.717, 1.165) is 12.2 Å². The van der Waals surface area contributed by atoms with Crippen LogP contribution in [0.15, 0.2) is 24.3 Å². The molecule has 0 bridgehead atoms. The Morgan fingerprint density at radius 2 is 1.79 bits per heavy atom. The molecule has 0 fully saturated rings. The summed E-state index contributed by atoms with van der Waals surface area (Å²) in [6.07, 6.45) is 6.27. The van der Waals surface area contributed by atoms with Crippen LogP contribution in [0.3, 0.4) is 0 Å². The second kappa shape index (κ2) is 8.98. The van der Waals surface area contributed by atoms with Gasteiger partial charge in [0.2, 0.25) is 0 Å². The lowest BCUT2D eigenvalue weighted by Crippen LogP contribution is -2.13. The Balaban J connectivity index is 2.66. The molecule has 0 saturated heterocycles. The lowest BCUT2D eigenvalue weighted by Gasteiger charge is -2.23. The molecule has 0 aliphatic heterocycles. The zero-order valence-electron chi connectivity index (χ0n) is 12.6. The normalized spacial score (nSPS) is 14.1. The van der Waals surface area contributed by atoms with E-state index in [0.29, 0.717) is 11.8 Å². The third kappa shape index (κ3) is 5.23. The number of hydrogen-bond donors (Lipinski definition) is 1. The van der Waals surface area contributed by atoms with Crippen molar-refractivity contribution in [3.8, 4) is 5.75 Å². The van der Waals surface area contributed by atoms with Gasteiger partial charge in [0.1, 0.15) is 5.75 Å². The zero-order chi connectivity index (χ0) is 14.1. The van der Waals surface area contributed by atoms with Gasteiger partial charge in [-0.3, -0.25) is 0 Å². The molecule has 19 heavy (non-hydrogen) atoms. The minimum absolute atomic E-state index is 0.254. The first kappa shape index (κ1) is 16.0. The second-order valence-corrected chi connectivity index (χ2v) is 5.39. The Labute approximate surface area is 117 Å². The van der Waals surface area contributed by atoms with Crippen molar-refractivity contribution in [2.24, 2.45) is 5.92 Å². The van der Waals surface area contributed by atoms with Crippen molar-refractivity contribution in [1.29, 1.82) is 0 Å². The molecule has 0 aliphatic carbocycles. The van der Waals surface area contributed by atoms with E-state index in [1.165, 1.54) is 31.2 Å². The van der Waals surface area contributed by atoms with Crippen molar-refractivity contribution in [1.82, 2.24) is 0 Å². The Morgan fingerprint density at radius 1 is 1.11 bits per heavy atom. The van der Waals surface area contributed by atoms with Crippen LogP contribution in [0, 0.1) is 5.92 Å². The van der Waals surface area contributed by atoms with Gasteiger partial charge in [-0.2, -0.15) is 0 Å². The fourth-order valence-electron chi connectivity index (χ4n) is 2.55. The van der Waals surface area contributed by atoms with Gasteiger partial charge < -0.3 is 9.84 Å². The molecule has 2 atom stereocenters. The van der Waals surface area contributed by atoms with E-state index < -0.39 is 0 Å². The third-order valence-electron chi connectivity index (χ3n) is 3.89. The van der Waals surface area contributed by atoms with E-state index in [9.17, 15) is 5.11 Å². The van der Waals surface area contributed by atoms with E-state index >= 15 is 0 Å². The highest BCUT2D eigenvalue weighted by Crippen LogP contribution is 2.31. The summed E-state index contributed by atoms with van der Waals surface area (Å²) in [5, 5.41) is 9.45. The van der Waals surface area contributed by atoms with E-state index in [1.807, 2.05) is 12.1 Å². The van der Waals surface area contributed by atoms with Crippen LogP contribution >= 0.6 is 0 Å². The van der Waals surface area contributed by atoms with Crippen LogP contribution in [0.25, 0.3) is 0 Å². The average molecular weight is 264 g/mol. The maximum Gasteiger partial charge on any atom is 0.118 e. The molecule has 0 heterocycles. The highest BCUT2D eigenvalue weighted by atomic mass is 16.5. The lowest BCUT2D eigenvalue weighted by atomic mass is 9.83. The molecule has 0 aliphatic rings. The van der Waals surface area contributed by atoms with Gasteiger partial charge in [-0.25, -0.2) is 0 Å². The quantitative estimate of drug-likeness (QED) is 0.671. The molecule has 1 rings (SSSR count). The smallest absolute Gasteiger partial charge is 0.118 e. The van der Waals surface area contributed by atoms with Gasteiger partial charge in [-0.1, -0.05) is 51.7 Å². The molecule has 2 nitrogen and oxygen atoms in total. The number of benzene rings is 1. The largest absolute Gasteiger partial charge is 0.497 e. The second-order valence-electron chi connectivity index (χ2n) is 5.39. The summed E-state index contributed by atoms with van der Waals surface area (Å²) < 4.78 is 5.20. The van der Waals surface area contributed by atoms with Crippen molar-refractivity contribution < 1.29 is 9.84 Å². The van der Waals surface area contributed by atoms with Crippen LogP contribution < -0.4 is 4.74 Å². The van der Waals surface area contributed by atoms with Crippen molar-refractivity contribution in [2.45, 2.75) is 51.9 Å². The molecule has 0 spiro atoms. The summed E-state index contributed by atoms with van der Waals surface area (Å²) in [7, 11) is 1.69. The fraction of sp³-hybridized carbons (Fsp3) is 0.647. The molecular weight excluding hydrogens is 236 g/mol. The van der Waals surface area contributed by atoms with Gasteiger partial charge in [0.15, 0.2) is 0 Å². The van der Waals surface area contributed by atoms with E-state index in [-0.39, 0.29) is 6.61 Å². The molecular formula is C17H28O2. The first-order valence-electron chi connectivity index (χ1n) is 7.47. The summed E-state index contributed by atoms with van der Waals surface area (Å²) in [6, 6.07) is 8.29. The van der Waals surface area contributed by atoms with Crippen LogP contribution in [-0.4, -0.2) is 18.8 Å². The molecule has 108 valence electrons. The van der Waals surface area contributed by atoms with E-state index in [4.69, 9.17) is 4.74 Å². The zero-order valence-corrected chi connectivity index (χ0v) is 12.6. The fourth-order valence-corrected chi connectivity index (χ4v) is 2.55. The Bertz CT molecular complexity index is 332. The number of methoxy groups -OCH3 is 1. The molecule has 0 aromatic heterocycles. The van der Waals surface area contributed by atoms with Gasteiger partial charge in [-0.15, -0.1) is 0 Å². The molecule has 1 N–H and O–H groups in total. The molecule has 0 unspecified atom stereocenters. The first-order valence-corrected chi connectivity index (χ1v) is 7.47. The third-order valence-corrected chi connectivity index (χ3v) is 3.89. The molecule has 1 aromatic carbocycles. The summed E-state index contributed by atoms with van der Waals surface area (Å²) in [4.78, 5) is 0. The van der Waals surface area contributed by atoms with Crippen molar-refractivity contribution >= 4 is 0 Å². The van der Waals surface area contributed by atoms with Crippen LogP contribution in [0.5, 0.6) is 5.75 Å². The summed E-state index contributed by atoms with van der Waals surface area (Å²) in [6.45, 7) is 4.62. The first-order chi connectivity index (χ1) is 9.22. The Kier molecular flexibility index (Phi) is 7.57. The number of aliphatic hydroxyl groups excluding tert-OH is 1. The maximum atomic E-state index is 9.45. The minimum atomic E-state index is 0.254. The van der Waals surface area contributed by atoms with Gasteiger partial charge >= 0.3 is 0 Å². The van der Waals surface area contributed by atoms with Gasteiger partial charge in [-0.05, 0) is 36.0 Å². The van der Waals surface area contributed by atoms with Crippen molar-refractivity contribution in [3.05, 3.63) is 29.8 Å². The topological polar surface area (TPSA) is 29.5 Å².